The van der Waals surface area contributed by atoms with Crippen molar-refractivity contribution in [1.29, 1.82) is 5.26 Å². The fourth-order valence-electron chi connectivity index (χ4n) is 2.32. The molecule has 0 rings (SSSR count). The van der Waals surface area contributed by atoms with Gasteiger partial charge in [0.15, 0.2) is 0 Å². The lowest BCUT2D eigenvalue weighted by molar-refractivity contribution is 0.136. The highest BCUT2D eigenvalue weighted by Crippen LogP contribution is 2.10. The van der Waals surface area contributed by atoms with E-state index in [1.165, 1.54) is 70.6 Å². The summed E-state index contributed by atoms with van der Waals surface area (Å²) in [5.74, 6) is 0. The molecule has 0 aromatic heterocycles. The van der Waals surface area contributed by atoms with Crippen LogP contribution < -0.4 is 0 Å². The Labute approximate surface area is 132 Å². The Morgan fingerprint density at radius 1 is 0.762 bits per heavy atom. The number of unbranched alkanes of at least 4 members (excludes halogenated alkanes) is 10. The van der Waals surface area contributed by atoms with Gasteiger partial charge in [-0.15, -0.1) is 0 Å². The molecule has 0 spiro atoms. The molecule has 0 aliphatic carbocycles. The second kappa shape index (κ2) is 19.2. The highest BCUT2D eigenvalue weighted by atomic mass is 16.5. The minimum Gasteiger partial charge on any atom is -0.380 e. The van der Waals surface area contributed by atoms with Crippen LogP contribution in [0.2, 0.25) is 0 Å². The minimum absolute atomic E-state index is 0.512. The highest BCUT2D eigenvalue weighted by Gasteiger charge is 1.91. The average molecular weight is 293 g/mol. The van der Waals surface area contributed by atoms with Crippen molar-refractivity contribution in [2.24, 2.45) is 0 Å². The van der Waals surface area contributed by atoms with Crippen molar-refractivity contribution in [1.82, 2.24) is 0 Å². The summed E-state index contributed by atoms with van der Waals surface area (Å²) >= 11 is 0. The summed E-state index contributed by atoms with van der Waals surface area (Å²) in [5, 5.41) is 8.35. The Hall–Kier alpha value is -0.810. The molecule has 0 N–H and O–H groups in total. The first-order valence-corrected chi connectivity index (χ1v) is 9.01. The predicted octanol–water partition coefficient (Wildman–Crippen LogP) is 6.17. The Morgan fingerprint density at radius 3 is 1.95 bits per heavy atom. The van der Waals surface area contributed by atoms with Gasteiger partial charge in [0, 0.05) is 6.61 Å². The van der Waals surface area contributed by atoms with Gasteiger partial charge in [0.25, 0.3) is 0 Å². The monoisotopic (exact) mass is 293 g/mol. The van der Waals surface area contributed by atoms with E-state index in [0.717, 1.165) is 13.0 Å². The van der Waals surface area contributed by atoms with Gasteiger partial charge in [0.1, 0.15) is 0 Å². The quantitative estimate of drug-likeness (QED) is 0.252. The van der Waals surface area contributed by atoms with Gasteiger partial charge in [-0.1, -0.05) is 64.0 Å². The van der Waals surface area contributed by atoms with Crippen LogP contribution in [0.15, 0.2) is 12.2 Å². The van der Waals surface area contributed by atoms with Crippen molar-refractivity contribution in [3.05, 3.63) is 12.2 Å². The van der Waals surface area contributed by atoms with Gasteiger partial charge in [-0.2, -0.15) is 5.26 Å². The van der Waals surface area contributed by atoms with Gasteiger partial charge >= 0.3 is 0 Å². The smallest absolute Gasteiger partial charge is 0.0645 e. The molecule has 0 aromatic carbocycles. The van der Waals surface area contributed by atoms with Gasteiger partial charge in [-0.3, -0.25) is 0 Å². The van der Waals surface area contributed by atoms with E-state index in [2.05, 4.69) is 25.1 Å². The largest absolute Gasteiger partial charge is 0.380 e. The lowest BCUT2D eigenvalue weighted by Crippen LogP contribution is -1.95. The number of ether oxygens (including phenoxy) is 1. The van der Waals surface area contributed by atoms with E-state index in [4.69, 9.17) is 10.00 Å². The Morgan fingerprint density at radius 2 is 1.33 bits per heavy atom. The number of nitrogens with zero attached hydrogens (tertiary/aromatic N) is 1. The van der Waals surface area contributed by atoms with Gasteiger partial charge in [0.2, 0.25) is 0 Å². The normalized spacial score (nSPS) is 11.0. The number of rotatable bonds is 16. The zero-order valence-corrected chi connectivity index (χ0v) is 14.1. The van der Waals surface area contributed by atoms with Crippen molar-refractivity contribution in [2.75, 3.05) is 13.2 Å². The number of allylic oxidation sites excluding steroid dienone is 2. The Bertz CT molecular complexity index is 255. The number of hydrogen-bond donors (Lipinski definition) is 0. The van der Waals surface area contributed by atoms with E-state index in [-0.39, 0.29) is 0 Å². The molecule has 0 aliphatic heterocycles. The van der Waals surface area contributed by atoms with E-state index < -0.39 is 0 Å². The summed E-state index contributed by atoms with van der Waals surface area (Å²) < 4.78 is 5.33. The fraction of sp³-hybridized carbons (Fsp3) is 0.842. The SMILES string of the molecule is CCCCCCCCCC/C=C/CCCCOCCC#N. The first-order valence-electron chi connectivity index (χ1n) is 9.01. The van der Waals surface area contributed by atoms with Crippen LogP contribution in [0.3, 0.4) is 0 Å². The maximum atomic E-state index is 8.35. The molecule has 0 unspecified atom stereocenters. The van der Waals surface area contributed by atoms with Crippen LogP contribution in [0, 0.1) is 11.3 Å². The Balaban J connectivity index is 3.04. The van der Waals surface area contributed by atoms with Crippen molar-refractivity contribution >= 4 is 0 Å². The van der Waals surface area contributed by atoms with Crippen LogP contribution in [0.25, 0.3) is 0 Å². The molecule has 0 saturated carbocycles. The van der Waals surface area contributed by atoms with E-state index in [0.29, 0.717) is 13.0 Å². The maximum absolute atomic E-state index is 8.35. The molecule has 0 aliphatic rings. The summed E-state index contributed by atoms with van der Waals surface area (Å²) in [6, 6.07) is 2.08. The lowest BCUT2D eigenvalue weighted by Gasteiger charge is -2.00. The zero-order valence-electron chi connectivity index (χ0n) is 14.1. The number of hydrogen-bond acceptors (Lipinski definition) is 2. The van der Waals surface area contributed by atoms with E-state index in [1.54, 1.807) is 0 Å². The molecule has 0 amide bonds. The molecule has 0 atom stereocenters. The third-order valence-corrected chi connectivity index (χ3v) is 3.66. The lowest BCUT2D eigenvalue weighted by atomic mass is 10.1. The van der Waals surface area contributed by atoms with Crippen LogP contribution in [0.4, 0.5) is 0 Å². The molecule has 0 radical (unpaired) electrons. The standard InChI is InChI=1S/C19H35NO/c1-2-3-4-5-6-7-8-9-10-11-12-13-14-15-18-21-19-16-17-20/h11-12H,2-10,13-16,18-19H2,1H3/b12-11+. The van der Waals surface area contributed by atoms with E-state index in [9.17, 15) is 0 Å². The van der Waals surface area contributed by atoms with E-state index in [1.807, 2.05) is 0 Å². The maximum Gasteiger partial charge on any atom is 0.0645 e. The highest BCUT2D eigenvalue weighted by molar-refractivity contribution is 4.81. The van der Waals surface area contributed by atoms with Crippen LogP contribution >= 0.6 is 0 Å². The summed E-state index contributed by atoms with van der Waals surface area (Å²) in [6.07, 6.45) is 21.1. The summed E-state index contributed by atoms with van der Waals surface area (Å²) in [6.45, 7) is 3.66. The third kappa shape index (κ3) is 19.2. The summed E-state index contributed by atoms with van der Waals surface area (Å²) in [5.41, 5.74) is 0. The molecule has 122 valence electrons. The zero-order chi connectivity index (χ0) is 15.4. The van der Waals surface area contributed by atoms with Crippen molar-refractivity contribution in [3.8, 4) is 6.07 Å². The molecule has 2 nitrogen and oxygen atoms in total. The van der Waals surface area contributed by atoms with Gasteiger partial charge in [0.05, 0.1) is 19.1 Å². The molecule has 21 heavy (non-hydrogen) atoms. The molecular formula is C19H35NO. The molecule has 0 bridgehead atoms. The van der Waals surface area contributed by atoms with Crippen molar-refractivity contribution < 1.29 is 4.74 Å². The molecule has 0 aromatic rings. The topological polar surface area (TPSA) is 33.0 Å². The first kappa shape index (κ1) is 20.2. The van der Waals surface area contributed by atoms with Crippen LogP contribution in [-0.4, -0.2) is 13.2 Å². The number of nitriles is 1. The molecule has 0 fully saturated rings. The third-order valence-electron chi connectivity index (χ3n) is 3.66. The van der Waals surface area contributed by atoms with Gasteiger partial charge < -0.3 is 4.74 Å². The summed E-state index contributed by atoms with van der Waals surface area (Å²) in [7, 11) is 0. The van der Waals surface area contributed by atoms with Crippen LogP contribution in [0.5, 0.6) is 0 Å². The predicted molar refractivity (Wildman–Crippen MR) is 91.3 cm³/mol. The Kier molecular flexibility index (Phi) is 18.4. The van der Waals surface area contributed by atoms with Crippen molar-refractivity contribution in [2.45, 2.75) is 90.4 Å². The second-order valence-electron chi connectivity index (χ2n) is 5.75. The van der Waals surface area contributed by atoms with Gasteiger partial charge in [-0.05, 0) is 32.1 Å². The van der Waals surface area contributed by atoms with Crippen LogP contribution in [0.1, 0.15) is 90.4 Å². The molecule has 2 heteroatoms. The van der Waals surface area contributed by atoms with Crippen molar-refractivity contribution in [3.63, 3.8) is 0 Å². The molecular weight excluding hydrogens is 258 g/mol. The van der Waals surface area contributed by atoms with E-state index >= 15 is 0 Å². The average Bonchev–Trinajstić information content (AvgIpc) is 2.50. The van der Waals surface area contributed by atoms with Gasteiger partial charge in [-0.25, -0.2) is 0 Å². The fourth-order valence-corrected chi connectivity index (χ4v) is 2.32. The van der Waals surface area contributed by atoms with Crippen LogP contribution in [-0.2, 0) is 4.74 Å². The molecule has 0 heterocycles. The molecule has 0 saturated heterocycles. The minimum atomic E-state index is 0.512. The first-order chi connectivity index (χ1) is 10.4. The summed E-state index contributed by atoms with van der Waals surface area (Å²) in [4.78, 5) is 0. The second-order valence-corrected chi connectivity index (χ2v) is 5.75.